The van der Waals surface area contributed by atoms with Gasteiger partial charge in [0.05, 0.1) is 18.8 Å². The van der Waals surface area contributed by atoms with Gasteiger partial charge in [-0.25, -0.2) is 0 Å². The largest absolute Gasteiger partial charge is 0.395 e. The third-order valence-corrected chi connectivity index (χ3v) is 1.25. The predicted molar refractivity (Wildman–Crippen MR) is 32.1 cm³/mol. The van der Waals surface area contributed by atoms with Gasteiger partial charge in [-0.1, -0.05) is 6.92 Å². The minimum absolute atomic E-state index is 0.258. The van der Waals surface area contributed by atoms with Crippen molar-refractivity contribution in [2.45, 2.75) is 25.5 Å². The first-order valence-electron chi connectivity index (χ1n) is 2.94. The van der Waals surface area contributed by atoms with Gasteiger partial charge in [-0.3, -0.25) is 0 Å². The quantitative estimate of drug-likeness (QED) is 0.377. The van der Waals surface area contributed by atoms with Gasteiger partial charge < -0.3 is 15.4 Å². The third-order valence-electron chi connectivity index (χ3n) is 1.25. The highest BCUT2D eigenvalue weighted by Crippen LogP contribution is 1.95. The van der Waals surface area contributed by atoms with Crippen LogP contribution in [0.25, 0.3) is 0 Å². The number of aliphatic hydroxyl groups excluding tert-OH is 2. The Morgan fingerprint density at radius 3 is 2.22 bits per heavy atom. The van der Waals surface area contributed by atoms with Crippen LogP contribution in [0.4, 0.5) is 0 Å². The molecule has 0 rings (SSSR count). The van der Waals surface area contributed by atoms with E-state index in [4.69, 9.17) is 15.4 Å². The van der Waals surface area contributed by atoms with Crippen molar-refractivity contribution < 1.29 is 15.4 Å². The summed E-state index contributed by atoms with van der Waals surface area (Å²) in [6.07, 6.45) is -0.168. The number of aliphatic hydroxyl groups is 2. The summed E-state index contributed by atoms with van der Waals surface area (Å²) in [4.78, 5) is 0. The van der Waals surface area contributed by atoms with Crippen molar-refractivity contribution in [1.82, 2.24) is 5.48 Å². The summed E-state index contributed by atoms with van der Waals surface area (Å²) < 4.78 is 0. The van der Waals surface area contributed by atoms with Crippen LogP contribution in [0.2, 0.25) is 0 Å². The summed E-state index contributed by atoms with van der Waals surface area (Å²) in [6, 6.07) is -0.616. The Kier molecular flexibility index (Phi) is 4.61. The molecule has 9 heavy (non-hydrogen) atoms. The second kappa shape index (κ2) is 4.69. The van der Waals surface area contributed by atoms with Gasteiger partial charge in [0.1, 0.15) is 0 Å². The van der Waals surface area contributed by atoms with Crippen molar-refractivity contribution >= 4 is 0 Å². The lowest BCUT2D eigenvalue weighted by Crippen LogP contribution is -2.40. The minimum atomic E-state index is -0.681. The lowest BCUT2D eigenvalue weighted by atomic mass is 10.1. The first-order chi connectivity index (χ1) is 4.26. The second-order valence-electron chi connectivity index (χ2n) is 1.89. The van der Waals surface area contributed by atoms with Gasteiger partial charge in [0.2, 0.25) is 0 Å². The summed E-state index contributed by atoms with van der Waals surface area (Å²) in [5, 5.41) is 25.6. The number of rotatable bonds is 4. The van der Waals surface area contributed by atoms with Crippen molar-refractivity contribution in [2.24, 2.45) is 0 Å². The fourth-order valence-electron chi connectivity index (χ4n) is 0.533. The molecule has 0 aliphatic heterocycles. The maximum atomic E-state index is 8.94. The smallest absolute Gasteiger partial charge is 0.0809 e. The highest BCUT2D eigenvalue weighted by Gasteiger charge is 2.13. The maximum absolute atomic E-state index is 8.94. The van der Waals surface area contributed by atoms with Crippen LogP contribution in [0, 0.1) is 0 Å². The average molecular weight is 135 g/mol. The molecule has 56 valence electrons. The molecule has 0 aliphatic carbocycles. The zero-order chi connectivity index (χ0) is 7.28. The summed E-state index contributed by atoms with van der Waals surface area (Å²) in [5.74, 6) is 0. The molecule has 0 aromatic carbocycles. The van der Waals surface area contributed by atoms with Crippen molar-refractivity contribution in [1.29, 1.82) is 0 Å². The molecule has 0 spiro atoms. The standard InChI is InChI=1S/C5H13NO3/c1-2-5(8)4(3-7)6-9/h4-9H,2-3H2,1H3. The number of hydrogen-bond acceptors (Lipinski definition) is 4. The van der Waals surface area contributed by atoms with E-state index in [-0.39, 0.29) is 6.61 Å². The van der Waals surface area contributed by atoms with E-state index >= 15 is 0 Å². The molecule has 2 unspecified atom stereocenters. The Morgan fingerprint density at radius 2 is 2.11 bits per heavy atom. The molecule has 0 aromatic heterocycles. The monoisotopic (exact) mass is 135 g/mol. The van der Waals surface area contributed by atoms with Crippen LogP contribution in [0.15, 0.2) is 0 Å². The number of nitrogens with one attached hydrogen (secondary N) is 1. The Morgan fingerprint density at radius 1 is 1.56 bits per heavy atom. The van der Waals surface area contributed by atoms with Gasteiger partial charge in [0.15, 0.2) is 0 Å². The van der Waals surface area contributed by atoms with Gasteiger partial charge in [-0.15, -0.1) is 0 Å². The number of hydroxylamine groups is 1. The van der Waals surface area contributed by atoms with E-state index in [9.17, 15) is 0 Å². The fourth-order valence-corrected chi connectivity index (χ4v) is 0.533. The van der Waals surface area contributed by atoms with Crippen LogP contribution in [-0.4, -0.2) is 34.2 Å². The van der Waals surface area contributed by atoms with E-state index in [0.717, 1.165) is 0 Å². The molecular formula is C5H13NO3. The third kappa shape index (κ3) is 2.76. The Hall–Kier alpha value is -0.160. The van der Waals surface area contributed by atoms with E-state index in [1.54, 1.807) is 12.4 Å². The first kappa shape index (κ1) is 8.84. The minimum Gasteiger partial charge on any atom is -0.395 e. The summed E-state index contributed by atoms with van der Waals surface area (Å²) in [6.45, 7) is 1.51. The molecule has 0 bridgehead atoms. The highest BCUT2D eigenvalue weighted by atomic mass is 16.5. The number of hydrogen-bond donors (Lipinski definition) is 4. The van der Waals surface area contributed by atoms with Crippen molar-refractivity contribution in [3.8, 4) is 0 Å². The molecule has 4 nitrogen and oxygen atoms in total. The Labute approximate surface area is 54.1 Å². The van der Waals surface area contributed by atoms with E-state index < -0.39 is 12.1 Å². The van der Waals surface area contributed by atoms with E-state index in [2.05, 4.69) is 0 Å². The zero-order valence-electron chi connectivity index (χ0n) is 5.41. The summed E-state index contributed by atoms with van der Waals surface area (Å²) >= 11 is 0. The molecule has 0 saturated carbocycles. The van der Waals surface area contributed by atoms with E-state index in [0.29, 0.717) is 6.42 Å². The molecule has 0 fully saturated rings. The van der Waals surface area contributed by atoms with Crippen LogP contribution in [-0.2, 0) is 0 Å². The van der Waals surface area contributed by atoms with Crippen LogP contribution >= 0.6 is 0 Å². The second-order valence-corrected chi connectivity index (χ2v) is 1.89. The molecule has 4 N–H and O–H groups in total. The Bertz CT molecular complexity index is 65.2. The Balaban J connectivity index is 3.50. The van der Waals surface area contributed by atoms with Gasteiger partial charge >= 0.3 is 0 Å². The average Bonchev–Trinajstić information content (AvgIpc) is 1.90. The molecule has 0 radical (unpaired) electrons. The SMILES string of the molecule is CCC(O)C(CO)NO. The van der Waals surface area contributed by atoms with Gasteiger partial charge in [-0.05, 0) is 6.42 Å². The highest BCUT2D eigenvalue weighted by molar-refractivity contribution is 4.68. The molecular weight excluding hydrogens is 122 g/mol. The topological polar surface area (TPSA) is 72.7 Å². The lowest BCUT2D eigenvalue weighted by molar-refractivity contribution is 0.0117. The first-order valence-corrected chi connectivity index (χ1v) is 2.94. The molecule has 0 aliphatic rings. The summed E-state index contributed by atoms with van der Waals surface area (Å²) in [7, 11) is 0. The predicted octanol–water partition coefficient (Wildman–Crippen LogP) is -0.903. The van der Waals surface area contributed by atoms with Gasteiger partial charge in [-0.2, -0.15) is 5.48 Å². The molecule has 0 heterocycles. The van der Waals surface area contributed by atoms with E-state index in [1.165, 1.54) is 0 Å². The molecule has 0 saturated heterocycles. The van der Waals surface area contributed by atoms with Gasteiger partial charge in [0, 0.05) is 0 Å². The molecule has 2 atom stereocenters. The van der Waals surface area contributed by atoms with Crippen molar-refractivity contribution in [2.75, 3.05) is 6.61 Å². The van der Waals surface area contributed by atoms with Gasteiger partial charge in [0.25, 0.3) is 0 Å². The lowest BCUT2D eigenvalue weighted by Gasteiger charge is -2.16. The van der Waals surface area contributed by atoms with Crippen LogP contribution in [0.5, 0.6) is 0 Å². The molecule has 0 aromatic rings. The van der Waals surface area contributed by atoms with Crippen molar-refractivity contribution in [3.63, 3.8) is 0 Å². The van der Waals surface area contributed by atoms with Crippen molar-refractivity contribution in [3.05, 3.63) is 0 Å². The maximum Gasteiger partial charge on any atom is 0.0809 e. The zero-order valence-corrected chi connectivity index (χ0v) is 5.41. The van der Waals surface area contributed by atoms with Crippen LogP contribution in [0.1, 0.15) is 13.3 Å². The van der Waals surface area contributed by atoms with E-state index in [1.807, 2.05) is 0 Å². The van der Waals surface area contributed by atoms with Crippen LogP contribution < -0.4 is 5.48 Å². The van der Waals surface area contributed by atoms with Crippen LogP contribution in [0.3, 0.4) is 0 Å². The molecule has 4 heteroatoms. The fraction of sp³-hybridized carbons (Fsp3) is 1.00. The summed E-state index contributed by atoms with van der Waals surface area (Å²) in [5.41, 5.74) is 1.80. The molecule has 0 amide bonds. The normalized spacial score (nSPS) is 17.3.